The van der Waals surface area contributed by atoms with Crippen molar-refractivity contribution in [3.05, 3.63) is 69.0 Å². The van der Waals surface area contributed by atoms with E-state index in [0.717, 1.165) is 11.1 Å². The lowest BCUT2D eigenvalue weighted by atomic mass is 9.99. The minimum Gasteiger partial charge on any atom is -0.448 e. The van der Waals surface area contributed by atoms with Crippen LogP contribution in [0.3, 0.4) is 0 Å². The van der Waals surface area contributed by atoms with Crippen LogP contribution < -0.4 is 10.9 Å². The third-order valence-corrected chi connectivity index (χ3v) is 3.73. The van der Waals surface area contributed by atoms with E-state index in [1.54, 1.807) is 36.4 Å². The molecule has 0 aliphatic rings. The molecule has 0 aliphatic heterocycles. The summed E-state index contributed by atoms with van der Waals surface area (Å²) >= 11 is 0. The molecule has 3 aromatic carbocycles. The van der Waals surface area contributed by atoms with E-state index in [9.17, 15) is 9.59 Å². The monoisotopic (exact) mass is 262 g/mol. The molecule has 96 valence electrons. The molecule has 0 N–H and O–H groups in total. The zero-order chi connectivity index (χ0) is 13.9. The molecule has 0 unspecified atom stereocenters. The first-order chi connectivity index (χ1) is 9.72. The molecule has 3 nitrogen and oxygen atoms in total. The van der Waals surface area contributed by atoms with E-state index in [1.807, 2.05) is 0 Å². The number of allylic oxidation sites excluding steroid dienone is 1. The molecule has 0 bridgehead atoms. The predicted molar refractivity (Wildman–Crippen MR) is 80.0 cm³/mol. The van der Waals surface area contributed by atoms with Gasteiger partial charge in [-0.1, -0.05) is 30.3 Å². The van der Waals surface area contributed by atoms with E-state index in [0.29, 0.717) is 33.5 Å². The van der Waals surface area contributed by atoms with E-state index >= 15 is 0 Å². The van der Waals surface area contributed by atoms with Crippen LogP contribution in [0, 0.1) is 0 Å². The molecule has 0 saturated heterocycles. The predicted octanol–water partition coefficient (Wildman–Crippen LogP) is 3.06. The average molecular weight is 262 g/mol. The van der Waals surface area contributed by atoms with Gasteiger partial charge < -0.3 is 4.42 Å². The number of hydrogen-bond acceptors (Lipinski definition) is 3. The summed E-state index contributed by atoms with van der Waals surface area (Å²) in [6, 6.07) is 8.67. The summed E-state index contributed by atoms with van der Waals surface area (Å²) in [6.45, 7) is 3.69. The Kier molecular flexibility index (Phi) is 2.05. The SMILES string of the molecule is C=CCc1cc2c(=O)c3ccccc3c(=O)c2c2oc12. The van der Waals surface area contributed by atoms with E-state index in [2.05, 4.69) is 6.58 Å². The van der Waals surface area contributed by atoms with Gasteiger partial charge in [-0.3, -0.25) is 9.59 Å². The van der Waals surface area contributed by atoms with Gasteiger partial charge in [-0.05, 0) is 12.5 Å². The second kappa shape index (κ2) is 3.67. The van der Waals surface area contributed by atoms with Gasteiger partial charge in [0.2, 0.25) is 0 Å². The highest BCUT2D eigenvalue weighted by Crippen LogP contribution is 2.34. The maximum absolute atomic E-state index is 12.6. The number of fused-ring (bicyclic) bond motifs is 4. The lowest BCUT2D eigenvalue weighted by molar-refractivity contribution is 0.756. The van der Waals surface area contributed by atoms with Crippen molar-refractivity contribution in [3.63, 3.8) is 0 Å². The fourth-order valence-corrected chi connectivity index (χ4v) is 2.76. The van der Waals surface area contributed by atoms with Gasteiger partial charge >= 0.3 is 0 Å². The summed E-state index contributed by atoms with van der Waals surface area (Å²) in [6.07, 6.45) is 2.38. The summed E-state index contributed by atoms with van der Waals surface area (Å²) in [5.74, 6) is 0. The Balaban J connectivity index is 2.30. The Bertz CT molecular complexity index is 1070. The lowest BCUT2D eigenvalue weighted by Crippen LogP contribution is -2.12. The molecule has 0 saturated carbocycles. The van der Waals surface area contributed by atoms with Crippen LogP contribution in [0.25, 0.3) is 32.7 Å². The van der Waals surface area contributed by atoms with Gasteiger partial charge in [0, 0.05) is 21.7 Å². The van der Waals surface area contributed by atoms with Gasteiger partial charge in [-0.2, -0.15) is 0 Å². The zero-order valence-corrected chi connectivity index (χ0v) is 10.6. The van der Waals surface area contributed by atoms with Crippen molar-refractivity contribution in [1.29, 1.82) is 0 Å². The van der Waals surface area contributed by atoms with Crippen molar-refractivity contribution < 1.29 is 4.42 Å². The van der Waals surface area contributed by atoms with Crippen LogP contribution in [0.4, 0.5) is 0 Å². The molecule has 0 amide bonds. The normalized spacial score (nSPS) is 11.8. The summed E-state index contributed by atoms with van der Waals surface area (Å²) in [5.41, 5.74) is 1.96. The molecule has 4 rings (SSSR count). The quantitative estimate of drug-likeness (QED) is 0.412. The third-order valence-electron chi connectivity index (χ3n) is 3.73. The van der Waals surface area contributed by atoms with E-state index in [1.165, 1.54) is 0 Å². The first-order valence-electron chi connectivity index (χ1n) is 6.39. The van der Waals surface area contributed by atoms with Gasteiger partial charge in [-0.25, -0.2) is 0 Å². The molecule has 0 fully saturated rings. The number of benzene rings is 3. The van der Waals surface area contributed by atoms with Crippen LogP contribution >= 0.6 is 0 Å². The Morgan fingerprint density at radius 2 is 1.70 bits per heavy atom. The van der Waals surface area contributed by atoms with Crippen molar-refractivity contribution in [2.45, 2.75) is 6.42 Å². The standard InChI is InChI=1S/C17H10O3/c1-2-5-9-8-12-13(17-16(9)20-17)15(19)11-7-4-3-6-10(11)14(12)18/h2-4,6-8H,1,5H2. The van der Waals surface area contributed by atoms with Gasteiger partial charge in [0.1, 0.15) is 0 Å². The molecule has 3 heteroatoms. The first-order valence-corrected chi connectivity index (χ1v) is 6.39. The van der Waals surface area contributed by atoms with Gasteiger partial charge in [0.25, 0.3) is 0 Å². The maximum atomic E-state index is 12.6. The van der Waals surface area contributed by atoms with E-state index < -0.39 is 0 Å². The van der Waals surface area contributed by atoms with Crippen molar-refractivity contribution in [1.82, 2.24) is 0 Å². The highest BCUT2D eigenvalue weighted by atomic mass is 16.4. The zero-order valence-electron chi connectivity index (χ0n) is 10.6. The molecule has 20 heavy (non-hydrogen) atoms. The smallest absolute Gasteiger partial charge is 0.198 e. The summed E-state index contributed by atoms with van der Waals surface area (Å²) in [7, 11) is 0. The molecule has 4 aromatic rings. The molecular weight excluding hydrogens is 252 g/mol. The second-order valence-electron chi connectivity index (χ2n) is 4.92. The maximum Gasteiger partial charge on any atom is 0.198 e. The molecule has 1 aromatic heterocycles. The number of hydrogen-bond donors (Lipinski definition) is 0. The minimum absolute atomic E-state index is 0.112. The van der Waals surface area contributed by atoms with Crippen LogP contribution in [0.15, 0.2) is 57.0 Å². The Morgan fingerprint density at radius 1 is 1.00 bits per heavy atom. The third kappa shape index (κ3) is 1.29. The molecule has 1 heterocycles. The second-order valence-corrected chi connectivity index (χ2v) is 4.92. The van der Waals surface area contributed by atoms with Gasteiger partial charge in [-0.15, -0.1) is 6.58 Å². The Labute approximate surface area is 113 Å². The molecular formula is C17H10O3. The Hall–Kier alpha value is -2.68. The summed E-state index contributed by atoms with van der Waals surface area (Å²) in [4.78, 5) is 25.1. The minimum atomic E-state index is -0.130. The summed E-state index contributed by atoms with van der Waals surface area (Å²) in [5, 5.41) is 1.78. The first kappa shape index (κ1) is 11.2. The highest BCUT2D eigenvalue weighted by molar-refractivity contribution is 6.12. The fourth-order valence-electron chi connectivity index (χ4n) is 2.76. The largest absolute Gasteiger partial charge is 0.448 e. The van der Waals surface area contributed by atoms with Gasteiger partial charge in [0.15, 0.2) is 22.0 Å². The molecule has 0 spiro atoms. The molecule has 0 atom stereocenters. The Morgan fingerprint density at radius 3 is 2.40 bits per heavy atom. The number of rotatable bonds is 2. The van der Waals surface area contributed by atoms with E-state index in [-0.39, 0.29) is 10.9 Å². The topological polar surface area (TPSA) is 47.3 Å². The fraction of sp³-hybridized carbons (Fsp3) is 0.0588. The average Bonchev–Trinajstić information content (AvgIpc) is 3.25. The van der Waals surface area contributed by atoms with Crippen LogP contribution in [0.2, 0.25) is 0 Å². The van der Waals surface area contributed by atoms with Crippen molar-refractivity contribution >= 4 is 32.7 Å². The van der Waals surface area contributed by atoms with E-state index in [4.69, 9.17) is 4.42 Å². The van der Waals surface area contributed by atoms with Gasteiger partial charge in [0.05, 0.1) is 5.39 Å². The molecule has 0 radical (unpaired) electrons. The molecule has 0 aliphatic carbocycles. The summed E-state index contributed by atoms with van der Waals surface area (Å²) < 4.78 is 5.43. The van der Waals surface area contributed by atoms with Crippen molar-refractivity contribution in [2.75, 3.05) is 0 Å². The van der Waals surface area contributed by atoms with Crippen LogP contribution in [0.1, 0.15) is 5.56 Å². The van der Waals surface area contributed by atoms with Crippen LogP contribution in [0.5, 0.6) is 0 Å². The van der Waals surface area contributed by atoms with Crippen LogP contribution in [-0.4, -0.2) is 0 Å². The highest BCUT2D eigenvalue weighted by Gasteiger charge is 2.22. The van der Waals surface area contributed by atoms with Crippen molar-refractivity contribution in [3.8, 4) is 0 Å². The lowest BCUT2D eigenvalue weighted by Gasteiger charge is -1.99. The van der Waals surface area contributed by atoms with Crippen LogP contribution in [-0.2, 0) is 6.42 Å². The van der Waals surface area contributed by atoms with Crippen molar-refractivity contribution in [2.24, 2.45) is 0 Å².